The van der Waals surface area contributed by atoms with Gasteiger partial charge in [0.05, 0.1) is 0 Å². The molecule has 0 saturated heterocycles. The molecule has 0 bridgehead atoms. The van der Waals surface area contributed by atoms with Crippen molar-refractivity contribution >= 4 is 0 Å². The van der Waals surface area contributed by atoms with Gasteiger partial charge in [0.2, 0.25) is 0 Å². The van der Waals surface area contributed by atoms with Gasteiger partial charge in [-0.3, -0.25) is 4.90 Å². The molecule has 2 aliphatic carbocycles. The molecule has 2 atom stereocenters. The summed E-state index contributed by atoms with van der Waals surface area (Å²) in [6.45, 7) is 4.33. The van der Waals surface area contributed by atoms with E-state index in [0.717, 1.165) is 31.1 Å². The second-order valence-corrected chi connectivity index (χ2v) is 5.28. The van der Waals surface area contributed by atoms with Crippen LogP contribution < -0.4 is 5.73 Å². The highest BCUT2D eigenvalue weighted by molar-refractivity contribution is 4.92. The van der Waals surface area contributed by atoms with Gasteiger partial charge in [-0.25, -0.2) is 0 Å². The smallest absolute Gasteiger partial charge is 0.0127 e. The van der Waals surface area contributed by atoms with Crippen LogP contribution in [0.25, 0.3) is 0 Å². The second-order valence-electron chi connectivity index (χ2n) is 5.28. The van der Waals surface area contributed by atoms with E-state index in [1.165, 1.54) is 44.9 Å². The number of hydrogen-bond donors (Lipinski definition) is 1. The zero-order valence-corrected chi connectivity index (χ0v) is 10.1. The van der Waals surface area contributed by atoms with Gasteiger partial charge in [-0.15, -0.1) is 0 Å². The molecule has 2 rings (SSSR count). The number of hydrogen-bond acceptors (Lipinski definition) is 2. The maximum atomic E-state index is 5.75. The number of nitrogens with two attached hydrogens (primary N) is 1. The van der Waals surface area contributed by atoms with Crippen molar-refractivity contribution in [2.45, 2.75) is 64.0 Å². The Kier molecular flexibility index (Phi) is 4.04. The van der Waals surface area contributed by atoms with Crippen molar-refractivity contribution in [3.63, 3.8) is 0 Å². The summed E-state index contributed by atoms with van der Waals surface area (Å²) < 4.78 is 0. The Morgan fingerprint density at radius 2 is 1.87 bits per heavy atom. The van der Waals surface area contributed by atoms with Crippen LogP contribution in [0, 0.1) is 5.92 Å². The van der Waals surface area contributed by atoms with Gasteiger partial charge in [0, 0.05) is 25.2 Å². The lowest BCUT2D eigenvalue weighted by Gasteiger charge is -2.40. The second kappa shape index (κ2) is 5.31. The first-order valence-corrected chi connectivity index (χ1v) is 6.82. The van der Waals surface area contributed by atoms with Crippen LogP contribution in [-0.2, 0) is 0 Å². The van der Waals surface area contributed by atoms with Crippen molar-refractivity contribution in [2.75, 3.05) is 13.1 Å². The van der Waals surface area contributed by atoms with Crippen molar-refractivity contribution in [1.29, 1.82) is 0 Å². The van der Waals surface area contributed by atoms with Crippen LogP contribution in [0.15, 0.2) is 0 Å². The van der Waals surface area contributed by atoms with Crippen molar-refractivity contribution < 1.29 is 0 Å². The van der Waals surface area contributed by atoms with Crippen molar-refractivity contribution in [3.8, 4) is 0 Å². The molecule has 0 amide bonds. The van der Waals surface area contributed by atoms with Crippen LogP contribution in [0.5, 0.6) is 0 Å². The summed E-state index contributed by atoms with van der Waals surface area (Å²) in [6, 6.07) is 1.76. The SMILES string of the molecule is CCC1CCCCC1N(CCN)C1CC1. The predicted molar refractivity (Wildman–Crippen MR) is 64.8 cm³/mol. The van der Waals surface area contributed by atoms with E-state index in [4.69, 9.17) is 5.73 Å². The molecule has 0 radical (unpaired) electrons. The summed E-state index contributed by atoms with van der Waals surface area (Å²) in [4.78, 5) is 2.74. The van der Waals surface area contributed by atoms with Crippen molar-refractivity contribution in [3.05, 3.63) is 0 Å². The molecule has 2 nitrogen and oxygen atoms in total. The molecule has 2 saturated carbocycles. The van der Waals surface area contributed by atoms with E-state index in [9.17, 15) is 0 Å². The number of nitrogens with zero attached hydrogens (tertiary/aromatic N) is 1. The lowest BCUT2D eigenvalue weighted by atomic mass is 9.82. The average Bonchev–Trinajstić information content (AvgIpc) is 3.10. The van der Waals surface area contributed by atoms with Gasteiger partial charge >= 0.3 is 0 Å². The Labute approximate surface area is 94.2 Å². The molecule has 2 unspecified atom stereocenters. The normalized spacial score (nSPS) is 32.2. The molecular weight excluding hydrogens is 184 g/mol. The first-order valence-electron chi connectivity index (χ1n) is 6.82. The first-order chi connectivity index (χ1) is 7.36. The van der Waals surface area contributed by atoms with E-state index in [2.05, 4.69) is 11.8 Å². The van der Waals surface area contributed by atoms with Crippen LogP contribution in [-0.4, -0.2) is 30.1 Å². The lowest BCUT2D eigenvalue weighted by Crippen LogP contribution is -2.45. The highest BCUT2D eigenvalue weighted by atomic mass is 15.2. The highest BCUT2D eigenvalue weighted by Crippen LogP contribution is 2.37. The van der Waals surface area contributed by atoms with Gasteiger partial charge in [-0.05, 0) is 31.6 Å². The summed E-state index contributed by atoms with van der Waals surface area (Å²) in [5.74, 6) is 0.950. The average molecular weight is 210 g/mol. The van der Waals surface area contributed by atoms with Crippen molar-refractivity contribution in [2.24, 2.45) is 11.7 Å². The quantitative estimate of drug-likeness (QED) is 0.755. The van der Waals surface area contributed by atoms with Gasteiger partial charge in [-0.1, -0.05) is 26.2 Å². The van der Waals surface area contributed by atoms with Crippen LogP contribution in [0.3, 0.4) is 0 Å². The number of rotatable bonds is 5. The first kappa shape index (κ1) is 11.4. The van der Waals surface area contributed by atoms with Gasteiger partial charge in [0.25, 0.3) is 0 Å². The summed E-state index contributed by atoms with van der Waals surface area (Å²) in [5.41, 5.74) is 5.75. The fourth-order valence-corrected chi connectivity index (χ4v) is 3.28. The molecular formula is C13H26N2. The van der Waals surface area contributed by atoms with Crippen LogP contribution in [0.2, 0.25) is 0 Å². The maximum Gasteiger partial charge on any atom is 0.0127 e. The summed E-state index contributed by atoms with van der Waals surface area (Å²) in [6.07, 6.45) is 9.98. The van der Waals surface area contributed by atoms with Crippen molar-refractivity contribution in [1.82, 2.24) is 4.90 Å². The third-order valence-electron chi connectivity index (χ3n) is 4.22. The van der Waals surface area contributed by atoms with Crippen LogP contribution >= 0.6 is 0 Å². The molecule has 0 aliphatic heterocycles. The fraction of sp³-hybridized carbons (Fsp3) is 1.00. The molecule has 2 aliphatic rings. The Bertz CT molecular complexity index is 189. The van der Waals surface area contributed by atoms with Gasteiger partial charge in [0.1, 0.15) is 0 Å². The van der Waals surface area contributed by atoms with Gasteiger partial charge in [0.15, 0.2) is 0 Å². The van der Waals surface area contributed by atoms with Gasteiger partial charge in [-0.2, -0.15) is 0 Å². The Morgan fingerprint density at radius 3 is 2.47 bits per heavy atom. The minimum absolute atomic E-state index is 0.837. The molecule has 2 N–H and O–H groups in total. The summed E-state index contributed by atoms with van der Waals surface area (Å²) in [7, 11) is 0. The zero-order chi connectivity index (χ0) is 10.7. The van der Waals surface area contributed by atoms with E-state index in [1.54, 1.807) is 0 Å². The molecule has 88 valence electrons. The van der Waals surface area contributed by atoms with E-state index >= 15 is 0 Å². The predicted octanol–water partition coefficient (Wildman–Crippen LogP) is 2.38. The molecule has 0 spiro atoms. The van der Waals surface area contributed by atoms with E-state index in [-0.39, 0.29) is 0 Å². The largest absolute Gasteiger partial charge is 0.329 e. The molecule has 0 aromatic rings. The van der Waals surface area contributed by atoms with E-state index in [1.807, 2.05) is 0 Å². The molecule has 0 aromatic heterocycles. The molecule has 0 aromatic carbocycles. The lowest BCUT2D eigenvalue weighted by molar-refractivity contribution is 0.0964. The standard InChI is InChI=1S/C13H26N2/c1-2-11-5-3-4-6-13(11)15(10-9-14)12-7-8-12/h11-13H,2-10,14H2,1H3. The summed E-state index contributed by atoms with van der Waals surface area (Å²) in [5, 5.41) is 0. The zero-order valence-electron chi connectivity index (χ0n) is 10.1. The highest BCUT2D eigenvalue weighted by Gasteiger charge is 2.37. The minimum Gasteiger partial charge on any atom is -0.329 e. The third kappa shape index (κ3) is 2.73. The Hall–Kier alpha value is -0.0800. The summed E-state index contributed by atoms with van der Waals surface area (Å²) >= 11 is 0. The fourth-order valence-electron chi connectivity index (χ4n) is 3.28. The molecule has 2 heteroatoms. The molecule has 0 heterocycles. The maximum absolute atomic E-state index is 5.75. The van der Waals surface area contributed by atoms with Crippen LogP contribution in [0.4, 0.5) is 0 Å². The minimum atomic E-state index is 0.837. The van der Waals surface area contributed by atoms with Gasteiger partial charge < -0.3 is 5.73 Å². The molecule has 2 fully saturated rings. The third-order valence-corrected chi connectivity index (χ3v) is 4.22. The molecule has 15 heavy (non-hydrogen) atoms. The Balaban J connectivity index is 1.96. The monoisotopic (exact) mass is 210 g/mol. The topological polar surface area (TPSA) is 29.3 Å². The van der Waals surface area contributed by atoms with E-state index < -0.39 is 0 Å². The van der Waals surface area contributed by atoms with Crippen LogP contribution in [0.1, 0.15) is 51.9 Å². The Morgan fingerprint density at radius 1 is 1.13 bits per heavy atom. The van der Waals surface area contributed by atoms with E-state index in [0.29, 0.717) is 0 Å².